The zero-order valence-corrected chi connectivity index (χ0v) is 17.7. The number of ether oxygens (including phenoxy) is 4. The number of rotatable bonds is 11. The Labute approximate surface area is 177 Å². The molecule has 0 aromatic carbocycles. The Morgan fingerprint density at radius 2 is 1.13 bits per heavy atom. The molecule has 0 radical (unpaired) electrons. The van der Waals surface area contributed by atoms with Crippen LogP contribution < -0.4 is 0 Å². The third-order valence-electron chi connectivity index (χ3n) is 6.03. The highest BCUT2D eigenvalue weighted by Gasteiger charge is 2.46. The minimum absolute atomic E-state index is 0.0445. The standard InChI is InChI=1S/C20H38O10/c1-3-5-13-19(25)17(23)12(14(6-21)29-13)9-28-10-16-20(26)18(24)11(8-27-4-2)15(7-22)30-16/h11-26H,3-10H2,1-2H3/t11-,12-,13+,14+,15?,16+,17?,18-,19?,20?/m1/s1. The highest BCUT2D eigenvalue weighted by Crippen LogP contribution is 2.30. The molecule has 2 saturated heterocycles. The maximum absolute atomic E-state index is 10.5. The van der Waals surface area contributed by atoms with Crippen molar-refractivity contribution in [2.75, 3.05) is 39.6 Å². The van der Waals surface area contributed by atoms with Gasteiger partial charge in [0, 0.05) is 18.4 Å². The van der Waals surface area contributed by atoms with Gasteiger partial charge >= 0.3 is 0 Å². The highest BCUT2D eigenvalue weighted by molar-refractivity contribution is 4.93. The van der Waals surface area contributed by atoms with Crippen LogP contribution in [-0.4, -0.2) is 119 Å². The average molecular weight is 439 g/mol. The fourth-order valence-electron chi connectivity index (χ4n) is 4.20. The van der Waals surface area contributed by atoms with Gasteiger partial charge in [-0.3, -0.25) is 0 Å². The van der Waals surface area contributed by atoms with E-state index in [-0.39, 0.29) is 33.0 Å². The molecule has 178 valence electrons. The quantitative estimate of drug-likeness (QED) is 0.214. The molecule has 2 aliphatic heterocycles. The summed E-state index contributed by atoms with van der Waals surface area (Å²) in [4.78, 5) is 0. The van der Waals surface area contributed by atoms with Crippen LogP contribution in [0.15, 0.2) is 0 Å². The van der Waals surface area contributed by atoms with E-state index in [9.17, 15) is 30.6 Å². The Balaban J connectivity index is 1.91. The van der Waals surface area contributed by atoms with Crippen LogP contribution in [0.3, 0.4) is 0 Å². The summed E-state index contributed by atoms with van der Waals surface area (Å²) < 4.78 is 22.4. The Morgan fingerprint density at radius 1 is 0.633 bits per heavy atom. The van der Waals surface area contributed by atoms with Crippen LogP contribution in [0.1, 0.15) is 26.7 Å². The van der Waals surface area contributed by atoms with Gasteiger partial charge in [0.1, 0.15) is 18.3 Å². The highest BCUT2D eigenvalue weighted by atomic mass is 16.6. The summed E-state index contributed by atoms with van der Waals surface area (Å²) in [6, 6.07) is 0. The first-order chi connectivity index (χ1) is 14.4. The second-order valence-electron chi connectivity index (χ2n) is 8.07. The van der Waals surface area contributed by atoms with Gasteiger partial charge in [0.15, 0.2) is 0 Å². The summed E-state index contributed by atoms with van der Waals surface area (Å²) in [7, 11) is 0. The van der Waals surface area contributed by atoms with Gasteiger partial charge in [-0.2, -0.15) is 0 Å². The van der Waals surface area contributed by atoms with Crippen molar-refractivity contribution in [1.29, 1.82) is 0 Å². The van der Waals surface area contributed by atoms with Crippen LogP contribution in [0.2, 0.25) is 0 Å². The summed E-state index contributed by atoms with van der Waals surface area (Å²) in [5.41, 5.74) is 0. The minimum atomic E-state index is -1.24. The van der Waals surface area contributed by atoms with E-state index in [1.165, 1.54) is 0 Å². The molecule has 4 unspecified atom stereocenters. The summed E-state index contributed by atoms with van der Waals surface area (Å²) in [5, 5.41) is 60.8. The molecule has 0 aliphatic carbocycles. The third-order valence-corrected chi connectivity index (χ3v) is 6.03. The molecule has 0 spiro atoms. The Hall–Kier alpha value is -0.400. The number of hydrogen-bond acceptors (Lipinski definition) is 10. The zero-order valence-electron chi connectivity index (χ0n) is 17.7. The van der Waals surface area contributed by atoms with E-state index in [2.05, 4.69) is 0 Å². The van der Waals surface area contributed by atoms with Gasteiger partial charge in [-0.1, -0.05) is 13.3 Å². The molecule has 2 heterocycles. The van der Waals surface area contributed by atoms with Crippen molar-refractivity contribution in [2.45, 2.75) is 75.5 Å². The van der Waals surface area contributed by atoms with E-state index in [1.54, 1.807) is 0 Å². The van der Waals surface area contributed by atoms with Crippen molar-refractivity contribution in [3.63, 3.8) is 0 Å². The van der Waals surface area contributed by atoms with Gasteiger partial charge in [-0.05, 0) is 13.3 Å². The van der Waals surface area contributed by atoms with Crippen LogP contribution in [0, 0.1) is 11.8 Å². The predicted octanol–water partition coefficient (Wildman–Crippen LogP) is -1.96. The first-order valence-electron chi connectivity index (χ1n) is 10.8. The number of aliphatic hydroxyl groups is 6. The molecule has 2 fully saturated rings. The molecule has 10 atom stereocenters. The van der Waals surface area contributed by atoms with Gasteiger partial charge in [-0.15, -0.1) is 0 Å². The molecule has 6 N–H and O–H groups in total. The SMILES string of the molecule is CCC[C@@H]1O[C@@H](CO)[C@@H](COC[C@@H]2OC(CO)[C@@H](COCC)[C@@H](O)C2O)C(O)C1O. The minimum Gasteiger partial charge on any atom is -0.394 e. The Morgan fingerprint density at radius 3 is 1.63 bits per heavy atom. The molecule has 0 saturated carbocycles. The molecule has 0 amide bonds. The molecule has 0 aromatic heterocycles. The lowest BCUT2D eigenvalue weighted by atomic mass is 9.86. The Bertz CT molecular complexity index is 477. The third kappa shape index (κ3) is 6.10. The molecular formula is C20H38O10. The number of aliphatic hydroxyl groups excluding tert-OH is 6. The van der Waals surface area contributed by atoms with Crippen LogP contribution in [0.25, 0.3) is 0 Å². The van der Waals surface area contributed by atoms with Crippen LogP contribution in [0.4, 0.5) is 0 Å². The summed E-state index contributed by atoms with van der Waals surface area (Å²) >= 11 is 0. The topological polar surface area (TPSA) is 158 Å². The van der Waals surface area contributed by atoms with Crippen molar-refractivity contribution in [2.24, 2.45) is 11.8 Å². The lowest BCUT2D eigenvalue weighted by Crippen LogP contribution is -2.59. The smallest absolute Gasteiger partial charge is 0.110 e. The van der Waals surface area contributed by atoms with Crippen molar-refractivity contribution in [1.82, 2.24) is 0 Å². The first-order valence-corrected chi connectivity index (χ1v) is 10.8. The van der Waals surface area contributed by atoms with E-state index in [1.807, 2.05) is 13.8 Å². The lowest BCUT2D eigenvalue weighted by molar-refractivity contribution is -0.239. The molecule has 10 heteroatoms. The largest absolute Gasteiger partial charge is 0.394 e. The van der Waals surface area contributed by atoms with Crippen molar-refractivity contribution < 1.29 is 49.6 Å². The van der Waals surface area contributed by atoms with E-state index >= 15 is 0 Å². The molecule has 0 bridgehead atoms. The van der Waals surface area contributed by atoms with Gasteiger partial charge in [0.05, 0.1) is 63.6 Å². The Kier molecular flexibility index (Phi) is 10.9. The van der Waals surface area contributed by atoms with Gasteiger partial charge in [0.25, 0.3) is 0 Å². The molecule has 2 aliphatic rings. The van der Waals surface area contributed by atoms with E-state index < -0.39 is 60.7 Å². The molecule has 2 rings (SSSR count). The second kappa shape index (κ2) is 12.6. The monoisotopic (exact) mass is 438 g/mol. The van der Waals surface area contributed by atoms with E-state index in [4.69, 9.17) is 18.9 Å². The van der Waals surface area contributed by atoms with Crippen molar-refractivity contribution >= 4 is 0 Å². The normalized spacial score (nSPS) is 42.4. The molecule has 10 nitrogen and oxygen atoms in total. The van der Waals surface area contributed by atoms with E-state index in [0.29, 0.717) is 13.0 Å². The van der Waals surface area contributed by atoms with Crippen molar-refractivity contribution in [3.8, 4) is 0 Å². The maximum Gasteiger partial charge on any atom is 0.110 e. The second-order valence-corrected chi connectivity index (χ2v) is 8.07. The molecular weight excluding hydrogens is 400 g/mol. The first kappa shape index (κ1) is 25.9. The van der Waals surface area contributed by atoms with Gasteiger partial charge in [-0.25, -0.2) is 0 Å². The van der Waals surface area contributed by atoms with Gasteiger partial charge < -0.3 is 49.6 Å². The van der Waals surface area contributed by atoms with E-state index in [0.717, 1.165) is 6.42 Å². The maximum atomic E-state index is 10.5. The number of hydrogen-bond donors (Lipinski definition) is 6. The van der Waals surface area contributed by atoms with Crippen molar-refractivity contribution in [3.05, 3.63) is 0 Å². The summed E-state index contributed by atoms with van der Waals surface area (Å²) in [6.45, 7) is 3.51. The van der Waals surface area contributed by atoms with Crippen LogP contribution in [-0.2, 0) is 18.9 Å². The lowest BCUT2D eigenvalue weighted by Gasteiger charge is -2.44. The average Bonchev–Trinajstić information content (AvgIpc) is 2.75. The molecule has 30 heavy (non-hydrogen) atoms. The summed E-state index contributed by atoms with van der Waals surface area (Å²) in [5.74, 6) is -1.23. The van der Waals surface area contributed by atoms with Crippen LogP contribution >= 0.6 is 0 Å². The summed E-state index contributed by atoms with van der Waals surface area (Å²) in [6.07, 6.45) is -6.12. The predicted molar refractivity (Wildman–Crippen MR) is 105 cm³/mol. The van der Waals surface area contributed by atoms with Gasteiger partial charge in [0.2, 0.25) is 0 Å². The fourth-order valence-corrected chi connectivity index (χ4v) is 4.20. The zero-order chi connectivity index (χ0) is 22.3. The molecule has 0 aromatic rings. The fraction of sp³-hybridized carbons (Fsp3) is 1.00. The van der Waals surface area contributed by atoms with Crippen LogP contribution in [0.5, 0.6) is 0 Å².